The monoisotopic (exact) mass is 682 g/mol. The number of ether oxygens (including phenoxy) is 2. The van der Waals surface area contributed by atoms with E-state index in [0.717, 1.165) is 56.0 Å². The number of hydrogen-bond acceptors (Lipinski definition) is 5. The number of aromatic hydroxyl groups is 2. The fourth-order valence-electron chi connectivity index (χ4n) is 6.30. The zero-order chi connectivity index (χ0) is 36.7. The van der Waals surface area contributed by atoms with E-state index in [4.69, 9.17) is 9.47 Å². The van der Waals surface area contributed by atoms with Gasteiger partial charge in [-0.1, -0.05) is 132 Å². The minimum Gasteiger partial charge on any atom is -0.507 e. The van der Waals surface area contributed by atoms with Gasteiger partial charge in [-0.15, -0.1) is 11.8 Å². The molecule has 0 unspecified atom stereocenters. The molecular formula is C44H58O4S. The molecule has 5 heteroatoms. The summed E-state index contributed by atoms with van der Waals surface area (Å²) < 4.78 is 11.1. The van der Waals surface area contributed by atoms with Gasteiger partial charge in [-0.05, 0) is 90.4 Å². The van der Waals surface area contributed by atoms with E-state index in [1.54, 1.807) is 14.2 Å². The largest absolute Gasteiger partial charge is 0.507 e. The lowest BCUT2D eigenvalue weighted by Gasteiger charge is -2.33. The van der Waals surface area contributed by atoms with Crippen LogP contribution < -0.4 is 9.47 Å². The van der Waals surface area contributed by atoms with Crippen molar-refractivity contribution in [1.29, 1.82) is 0 Å². The third kappa shape index (κ3) is 8.60. The van der Waals surface area contributed by atoms with Crippen molar-refractivity contribution in [2.45, 2.75) is 115 Å². The first-order valence-corrected chi connectivity index (χ1v) is 18.2. The highest BCUT2D eigenvalue weighted by atomic mass is 32.2. The number of hydrogen-bond donors (Lipinski definition) is 2. The molecule has 0 amide bonds. The second-order valence-corrected chi connectivity index (χ2v) is 18.6. The van der Waals surface area contributed by atoms with Crippen LogP contribution >= 0.6 is 11.8 Å². The highest BCUT2D eigenvalue weighted by Crippen LogP contribution is 2.52. The number of phenols is 2. The Bertz CT molecular complexity index is 1540. The van der Waals surface area contributed by atoms with E-state index in [1.807, 2.05) is 36.0 Å². The summed E-state index contributed by atoms with van der Waals surface area (Å²) in [4.78, 5) is 0. The molecule has 0 aliphatic rings. The molecule has 0 aliphatic heterocycles. The van der Waals surface area contributed by atoms with Crippen molar-refractivity contribution >= 4 is 11.8 Å². The van der Waals surface area contributed by atoms with Crippen molar-refractivity contribution in [1.82, 2.24) is 0 Å². The van der Waals surface area contributed by atoms with E-state index in [0.29, 0.717) is 11.5 Å². The quantitative estimate of drug-likeness (QED) is 0.194. The summed E-state index contributed by atoms with van der Waals surface area (Å²) >= 11 is 1.87. The highest BCUT2D eigenvalue weighted by Gasteiger charge is 2.33. The van der Waals surface area contributed by atoms with Crippen LogP contribution in [0.5, 0.6) is 23.0 Å². The molecule has 0 aromatic heterocycles. The molecule has 4 nitrogen and oxygen atoms in total. The molecule has 0 heterocycles. The Morgan fingerprint density at radius 2 is 0.673 bits per heavy atom. The van der Waals surface area contributed by atoms with Crippen LogP contribution in [-0.2, 0) is 21.7 Å². The van der Waals surface area contributed by atoms with Gasteiger partial charge < -0.3 is 19.7 Å². The van der Waals surface area contributed by atoms with Crippen LogP contribution in [0.1, 0.15) is 138 Å². The maximum atomic E-state index is 11.7. The van der Waals surface area contributed by atoms with Crippen molar-refractivity contribution in [3.8, 4) is 23.0 Å². The van der Waals surface area contributed by atoms with E-state index in [1.165, 1.54) is 0 Å². The lowest BCUT2D eigenvalue weighted by Crippen LogP contribution is -2.19. The fraction of sp³-hybridized carbons (Fsp3) is 0.455. The molecule has 4 aromatic carbocycles. The molecule has 0 aliphatic carbocycles. The third-order valence-electron chi connectivity index (χ3n) is 9.21. The molecule has 49 heavy (non-hydrogen) atoms. The maximum Gasteiger partial charge on any atom is 0.123 e. The van der Waals surface area contributed by atoms with Gasteiger partial charge in [-0.2, -0.15) is 0 Å². The molecular weight excluding hydrogens is 625 g/mol. The lowest BCUT2D eigenvalue weighted by atomic mass is 9.78. The summed E-state index contributed by atoms with van der Waals surface area (Å²) in [5.74, 6) is 2.35. The fourth-order valence-corrected chi connectivity index (χ4v) is 7.78. The van der Waals surface area contributed by atoms with Crippen molar-refractivity contribution < 1.29 is 19.7 Å². The minimum atomic E-state index is -0.273. The summed E-state index contributed by atoms with van der Waals surface area (Å²) in [6, 6.07) is 25.5. The molecule has 2 N–H and O–H groups in total. The Labute approximate surface area is 300 Å². The summed E-state index contributed by atoms with van der Waals surface area (Å²) in [5.41, 5.74) is 7.19. The second-order valence-electron chi connectivity index (χ2n) is 17.4. The van der Waals surface area contributed by atoms with Crippen LogP contribution in [-0.4, -0.2) is 24.4 Å². The topological polar surface area (TPSA) is 58.9 Å². The number of thioether (sulfide) groups is 1. The minimum absolute atomic E-state index is 0.106. The number of phenolic OH excluding ortho intramolecular Hbond substituents is 2. The molecule has 4 rings (SSSR count). The molecule has 2 atom stereocenters. The van der Waals surface area contributed by atoms with Crippen molar-refractivity contribution in [3.05, 3.63) is 117 Å². The molecule has 264 valence electrons. The summed E-state index contributed by atoms with van der Waals surface area (Å²) in [7, 11) is 3.38. The van der Waals surface area contributed by atoms with Gasteiger partial charge in [0.25, 0.3) is 0 Å². The Hall–Kier alpha value is -3.57. The standard InChI is InChI=1S/C44H58O4S/c1-41(2,3)33-23-29(24-34(37(33)45)42(4,5)6)39(27-15-19-31(47-13)20-16-27)49-40(28-17-21-32(48-14)22-18-28)30-25-35(43(7,8)9)38(46)36(26-30)44(10,11)12/h15-26,39-40,45-46H,1-14H3/t39-,40+. The van der Waals surface area contributed by atoms with E-state index >= 15 is 0 Å². The number of rotatable bonds is 8. The van der Waals surface area contributed by atoms with Crippen molar-refractivity contribution in [2.75, 3.05) is 14.2 Å². The van der Waals surface area contributed by atoms with Crippen LogP contribution in [0.2, 0.25) is 0 Å². The van der Waals surface area contributed by atoms with E-state index < -0.39 is 0 Å². The van der Waals surface area contributed by atoms with Crippen LogP contribution in [0.15, 0.2) is 72.8 Å². The van der Waals surface area contributed by atoms with Gasteiger partial charge in [0.05, 0.1) is 24.7 Å². The summed E-state index contributed by atoms with van der Waals surface area (Å²) in [5, 5.41) is 23.1. The highest BCUT2D eigenvalue weighted by molar-refractivity contribution is 8.00. The summed E-state index contributed by atoms with van der Waals surface area (Å²) in [6.45, 7) is 25.9. The zero-order valence-corrected chi connectivity index (χ0v) is 33.0. The van der Waals surface area contributed by atoms with Gasteiger partial charge >= 0.3 is 0 Å². The first kappa shape index (κ1) is 38.2. The van der Waals surface area contributed by atoms with Crippen LogP contribution in [0.25, 0.3) is 0 Å². The molecule has 0 radical (unpaired) electrons. The first-order valence-electron chi connectivity index (χ1n) is 17.3. The van der Waals surface area contributed by atoms with Gasteiger partial charge in [-0.25, -0.2) is 0 Å². The predicted octanol–water partition coefficient (Wildman–Crippen LogP) is 11.9. The summed E-state index contributed by atoms with van der Waals surface area (Å²) in [6.07, 6.45) is 0. The molecule has 0 saturated carbocycles. The molecule has 0 bridgehead atoms. The van der Waals surface area contributed by atoms with Crippen molar-refractivity contribution in [2.24, 2.45) is 0 Å². The Balaban J connectivity index is 2.08. The first-order chi connectivity index (χ1) is 22.6. The Morgan fingerprint density at radius 1 is 0.429 bits per heavy atom. The van der Waals surface area contributed by atoms with Crippen LogP contribution in [0.3, 0.4) is 0 Å². The van der Waals surface area contributed by atoms with Gasteiger partial charge in [-0.3, -0.25) is 0 Å². The van der Waals surface area contributed by atoms with Gasteiger partial charge in [0, 0.05) is 0 Å². The SMILES string of the molecule is COc1ccc([C@@H](S[C@@H](c2ccc(OC)cc2)c2cc(C(C)(C)C)c(O)c(C(C)(C)C)c2)c2cc(C(C)(C)C)c(O)c(C(C)(C)C)c2)cc1. The Kier molecular flexibility index (Phi) is 10.9. The molecule has 0 spiro atoms. The normalized spacial score (nSPS) is 14.0. The molecule has 0 saturated heterocycles. The average Bonchev–Trinajstić information content (AvgIpc) is 3.00. The van der Waals surface area contributed by atoms with Gasteiger partial charge in [0.15, 0.2) is 0 Å². The van der Waals surface area contributed by atoms with E-state index in [9.17, 15) is 10.2 Å². The number of methoxy groups -OCH3 is 2. The predicted molar refractivity (Wildman–Crippen MR) is 208 cm³/mol. The van der Waals surface area contributed by atoms with Crippen molar-refractivity contribution in [3.63, 3.8) is 0 Å². The van der Waals surface area contributed by atoms with E-state index in [2.05, 4.69) is 132 Å². The smallest absolute Gasteiger partial charge is 0.123 e. The van der Waals surface area contributed by atoms with Crippen LogP contribution in [0, 0.1) is 0 Å². The number of benzene rings is 4. The zero-order valence-electron chi connectivity index (χ0n) is 32.2. The Morgan fingerprint density at radius 3 is 0.878 bits per heavy atom. The molecule has 0 fully saturated rings. The second kappa shape index (κ2) is 14.0. The molecule has 4 aromatic rings. The average molecular weight is 683 g/mol. The van der Waals surface area contributed by atoms with Gasteiger partial charge in [0.1, 0.15) is 23.0 Å². The van der Waals surface area contributed by atoms with Crippen LogP contribution in [0.4, 0.5) is 0 Å². The lowest BCUT2D eigenvalue weighted by molar-refractivity contribution is 0.414. The maximum absolute atomic E-state index is 11.7. The third-order valence-corrected chi connectivity index (χ3v) is 10.8. The van der Waals surface area contributed by atoms with E-state index in [-0.39, 0.29) is 32.2 Å². The van der Waals surface area contributed by atoms with Gasteiger partial charge in [0.2, 0.25) is 0 Å².